The third kappa shape index (κ3) is 6.23. The zero-order valence-electron chi connectivity index (χ0n) is 17.2. The van der Waals surface area contributed by atoms with Crippen molar-refractivity contribution in [3.05, 3.63) is 71.1 Å². The zero-order valence-corrected chi connectivity index (χ0v) is 18.1. The molecule has 0 N–H and O–H groups in total. The van der Waals surface area contributed by atoms with Crippen LogP contribution in [0.1, 0.15) is 35.9 Å². The molecule has 29 heavy (non-hydrogen) atoms. The third-order valence-corrected chi connectivity index (χ3v) is 5.62. The minimum Gasteiger partial charge on any atom is -0.494 e. The van der Waals surface area contributed by atoms with Crippen LogP contribution in [0.3, 0.4) is 0 Å². The maximum Gasteiger partial charge on any atom is 0.226 e. The first-order valence-corrected chi connectivity index (χ1v) is 11.0. The Morgan fingerprint density at radius 1 is 1.07 bits per heavy atom. The van der Waals surface area contributed by atoms with Crippen LogP contribution in [0.2, 0.25) is 0 Å². The summed E-state index contributed by atoms with van der Waals surface area (Å²) in [4.78, 5) is 16.8. The number of thioether (sulfide) groups is 1. The normalized spacial score (nSPS) is 10.9. The van der Waals surface area contributed by atoms with Gasteiger partial charge in [0.1, 0.15) is 17.3 Å². The fourth-order valence-corrected chi connectivity index (χ4v) is 3.85. The van der Waals surface area contributed by atoms with Crippen LogP contribution >= 0.6 is 11.8 Å². The lowest BCUT2D eigenvalue weighted by Crippen LogP contribution is -2.04. The van der Waals surface area contributed by atoms with Gasteiger partial charge in [0.2, 0.25) is 5.89 Å². The molecule has 4 nitrogen and oxygen atoms in total. The van der Waals surface area contributed by atoms with Crippen molar-refractivity contribution in [3.8, 4) is 17.2 Å². The second-order valence-electron chi connectivity index (χ2n) is 7.00. The number of ketones is 1. The number of hydrogen-bond donors (Lipinski definition) is 0. The predicted octanol–water partition coefficient (Wildman–Crippen LogP) is 5.79. The van der Waals surface area contributed by atoms with Gasteiger partial charge in [0.15, 0.2) is 0 Å². The van der Waals surface area contributed by atoms with Crippen molar-refractivity contribution < 1.29 is 13.9 Å². The molecule has 0 unspecified atom stereocenters. The lowest BCUT2D eigenvalue weighted by atomic mass is 10.1. The van der Waals surface area contributed by atoms with Crippen LogP contribution in [0.15, 0.2) is 52.9 Å². The van der Waals surface area contributed by atoms with Crippen molar-refractivity contribution in [2.45, 2.75) is 39.4 Å². The number of ether oxygens (including phenoxy) is 1. The molecule has 0 aliphatic heterocycles. The molecule has 0 radical (unpaired) electrons. The molecule has 0 fully saturated rings. The first-order valence-electron chi connectivity index (χ1n) is 9.89. The number of aryl methyl sites for hydroxylation is 3. The number of nitrogens with zero attached hydrogens (tertiary/aromatic N) is 1. The SMILES string of the molecule is CCOc1ccc(-c2nc(CSCC(=O)CCc3ccc(C)cc3)c(C)o2)cc1. The van der Waals surface area contributed by atoms with E-state index >= 15 is 0 Å². The molecule has 0 saturated heterocycles. The molecule has 0 atom stereocenters. The molecular weight excluding hydrogens is 382 g/mol. The molecule has 0 amide bonds. The monoisotopic (exact) mass is 409 g/mol. The van der Waals surface area contributed by atoms with Crippen LogP contribution in [-0.4, -0.2) is 23.1 Å². The van der Waals surface area contributed by atoms with Gasteiger partial charge >= 0.3 is 0 Å². The van der Waals surface area contributed by atoms with E-state index in [0.29, 0.717) is 30.4 Å². The summed E-state index contributed by atoms with van der Waals surface area (Å²) in [7, 11) is 0. The highest BCUT2D eigenvalue weighted by atomic mass is 32.2. The number of rotatable bonds is 10. The molecule has 0 spiro atoms. The molecule has 0 saturated carbocycles. The van der Waals surface area contributed by atoms with Crippen molar-refractivity contribution >= 4 is 17.5 Å². The Bertz CT molecular complexity index is 930. The van der Waals surface area contributed by atoms with E-state index in [9.17, 15) is 4.79 Å². The lowest BCUT2D eigenvalue weighted by molar-refractivity contribution is -0.116. The highest BCUT2D eigenvalue weighted by molar-refractivity contribution is 7.99. The van der Waals surface area contributed by atoms with Crippen molar-refractivity contribution in [2.24, 2.45) is 0 Å². The second-order valence-corrected chi connectivity index (χ2v) is 7.98. The Labute approximate surface area is 176 Å². The fourth-order valence-electron chi connectivity index (χ4n) is 2.92. The number of aromatic nitrogens is 1. The van der Waals surface area contributed by atoms with E-state index in [1.54, 1.807) is 11.8 Å². The number of carbonyl (C=O) groups excluding carboxylic acids is 1. The van der Waals surface area contributed by atoms with Crippen LogP contribution in [0.25, 0.3) is 11.5 Å². The van der Waals surface area contributed by atoms with E-state index in [4.69, 9.17) is 9.15 Å². The summed E-state index contributed by atoms with van der Waals surface area (Å²) >= 11 is 1.59. The van der Waals surface area contributed by atoms with E-state index < -0.39 is 0 Å². The van der Waals surface area contributed by atoms with E-state index in [-0.39, 0.29) is 5.78 Å². The van der Waals surface area contributed by atoms with Crippen molar-refractivity contribution in [1.29, 1.82) is 0 Å². The Kier molecular flexibility index (Phi) is 7.53. The van der Waals surface area contributed by atoms with Gasteiger partial charge in [-0.05, 0) is 57.0 Å². The summed E-state index contributed by atoms with van der Waals surface area (Å²) in [6.45, 7) is 6.59. The number of carbonyl (C=O) groups is 1. The highest BCUT2D eigenvalue weighted by Crippen LogP contribution is 2.26. The molecule has 5 heteroatoms. The Morgan fingerprint density at radius 2 is 1.79 bits per heavy atom. The summed E-state index contributed by atoms with van der Waals surface area (Å²) in [5, 5.41) is 0. The van der Waals surface area contributed by atoms with Crippen molar-refractivity contribution in [1.82, 2.24) is 4.98 Å². The molecule has 0 aliphatic rings. The fraction of sp³-hybridized carbons (Fsp3) is 0.333. The average Bonchev–Trinajstić information content (AvgIpc) is 3.09. The first-order chi connectivity index (χ1) is 14.0. The van der Waals surface area contributed by atoms with E-state index in [0.717, 1.165) is 29.2 Å². The van der Waals surface area contributed by atoms with Gasteiger partial charge in [-0.15, -0.1) is 11.8 Å². The van der Waals surface area contributed by atoms with E-state index in [1.807, 2.05) is 38.1 Å². The number of oxazole rings is 1. The highest BCUT2D eigenvalue weighted by Gasteiger charge is 2.12. The third-order valence-electron chi connectivity index (χ3n) is 4.62. The largest absolute Gasteiger partial charge is 0.494 e. The smallest absolute Gasteiger partial charge is 0.226 e. The topological polar surface area (TPSA) is 52.3 Å². The zero-order chi connectivity index (χ0) is 20.6. The number of Topliss-reactive ketones (excluding diaryl/α,β-unsaturated/α-hetero) is 1. The molecule has 0 aliphatic carbocycles. The summed E-state index contributed by atoms with van der Waals surface area (Å²) < 4.78 is 11.3. The Morgan fingerprint density at radius 3 is 2.48 bits per heavy atom. The van der Waals surface area contributed by atoms with Crippen LogP contribution in [-0.2, 0) is 17.0 Å². The maximum atomic E-state index is 12.2. The van der Waals surface area contributed by atoms with Gasteiger partial charge in [-0.3, -0.25) is 4.79 Å². The van der Waals surface area contributed by atoms with E-state index in [2.05, 4.69) is 36.2 Å². The van der Waals surface area contributed by atoms with Crippen molar-refractivity contribution in [2.75, 3.05) is 12.4 Å². The van der Waals surface area contributed by atoms with E-state index in [1.165, 1.54) is 11.1 Å². The molecule has 2 aromatic carbocycles. The Hall–Kier alpha value is -2.53. The van der Waals surface area contributed by atoms with Crippen LogP contribution in [0.5, 0.6) is 5.75 Å². The summed E-state index contributed by atoms with van der Waals surface area (Å²) in [6.07, 6.45) is 1.37. The minimum absolute atomic E-state index is 0.267. The van der Waals surface area contributed by atoms with Gasteiger partial charge in [0.25, 0.3) is 0 Å². The standard InChI is InChI=1S/C24H27NO3S/c1-4-27-22-13-10-20(11-14-22)24-25-23(18(3)28-24)16-29-15-21(26)12-9-19-7-5-17(2)6-8-19/h5-8,10-11,13-14H,4,9,12,15-16H2,1-3H3. The van der Waals surface area contributed by atoms with Gasteiger partial charge in [-0.2, -0.15) is 0 Å². The molecule has 3 aromatic rings. The molecule has 1 aromatic heterocycles. The Balaban J connectivity index is 1.48. The lowest BCUT2D eigenvalue weighted by Gasteiger charge is -2.02. The summed E-state index contributed by atoms with van der Waals surface area (Å²) in [6, 6.07) is 16.1. The maximum absolute atomic E-state index is 12.2. The van der Waals surface area contributed by atoms with Crippen molar-refractivity contribution in [3.63, 3.8) is 0 Å². The minimum atomic E-state index is 0.267. The van der Waals surface area contributed by atoms with Gasteiger partial charge in [0, 0.05) is 17.7 Å². The van der Waals surface area contributed by atoms with Gasteiger partial charge < -0.3 is 9.15 Å². The van der Waals surface area contributed by atoms with Crippen LogP contribution in [0.4, 0.5) is 0 Å². The van der Waals surface area contributed by atoms with Crippen LogP contribution in [0, 0.1) is 13.8 Å². The first kappa shape index (κ1) is 21.2. The second kappa shape index (κ2) is 10.3. The quantitative estimate of drug-likeness (QED) is 0.424. The van der Waals surface area contributed by atoms with Crippen LogP contribution < -0.4 is 4.74 Å². The summed E-state index contributed by atoms with van der Waals surface area (Å²) in [5.41, 5.74) is 4.26. The molecule has 0 bridgehead atoms. The molecule has 3 rings (SSSR count). The summed E-state index contributed by atoms with van der Waals surface area (Å²) in [5.74, 6) is 3.67. The predicted molar refractivity (Wildman–Crippen MR) is 119 cm³/mol. The average molecular weight is 410 g/mol. The number of hydrogen-bond acceptors (Lipinski definition) is 5. The van der Waals surface area contributed by atoms with Gasteiger partial charge in [-0.1, -0.05) is 29.8 Å². The molecule has 152 valence electrons. The molecule has 1 heterocycles. The molecular formula is C24H27NO3S. The van der Waals surface area contributed by atoms with Gasteiger partial charge in [-0.25, -0.2) is 4.98 Å². The van der Waals surface area contributed by atoms with Gasteiger partial charge in [0.05, 0.1) is 18.1 Å². The number of benzene rings is 2.